The quantitative estimate of drug-likeness (QED) is 0.923. The van der Waals surface area contributed by atoms with Crippen molar-refractivity contribution in [2.24, 2.45) is 5.92 Å². The summed E-state index contributed by atoms with van der Waals surface area (Å²) in [6, 6.07) is 3.90. The third-order valence-corrected chi connectivity index (χ3v) is 4.50. The molecule has 18 heavy (non-hydrogen) atoms. The molecule has 2 heterocycles. The maximum Gasteiger partial charge on any atom is 0.0967 e. The van der Waals surface area contributed by atoms with Crippen LogP contribution in [0, 0.1) is 5.92 Å². The van der Waals surface area contributed by atoms with Gasteiger partial charge in [0.2, 0.25) is 0 Å². The number of halogens is 1. The van der Waals surface area contributed by atoms with Crippen LogP contribution in [-0.4, -0.2) is 47.1 Å². The van der Waals surface area contributed by atoms with Gasteiger partial charge in [-0.1, -0.05) is 6.07 Å². The molecule has 2 atom stereocenters. The van der Waals surface area contributed by atoms with Crippen LogP contribution < -0.4 is 0 Å². The average Bonchev–Trinajstić information content (AvgIpc) is 2.33. The van der Waals surface area contributed by atoms with Crippen LogP contribution in [0.2, 0.25) is 0 Å². The Morgan fingerprint density at radius 3 is 2.94 bits per heavy atom. The maximum atomic E-state index is 11.0. The van der Waals surface area contributed by atoms with Gasteiger partial charge in [0.15, 0.2) is 0 Å². The molecule has 1 aliphatic rings. The smallest absolute Gasteiger partial charge is 0.0967 e. The first-order valence-electron chi connectivity index (χ1n) is 5.98. The molecule has 2 rings (SSSR count). The highest BCUT2D eigenvalue weighted by Crippen LogP contribution is 2.40. The van der Waals surface area contributed by atoms with E-state index in [2.05, 4.69) is 24.0 Å². The number of hydrogen-bond donors (Lipinski definition) is 1. The van der Waals surface area contributed by atoms with E-state index in [1.165, 1.54) is 0 Å². The van der Waals surface area contributed by atoms with E-state index in [9.17, 15) is 5.11 Å². The lowest BCUT2D eigenvalue weighted by molar-refractivity contribution is -0.0296. The molecule has 5 heteroatoms. The summed E-state index contributed by atoms with van der Waals surface area (Å²) in [6.07, 6.45) is 4.38. The fourth-order valence-electron chi connectivity index (χ4n) is 2.44. The van der Waals surface area contributed by atoms with Crippen molar-refractivity contribution in [3.63, 3.8) is 0 Å². The Labute approximate surface area is 119 Å². The Hall–Kier alpha value is -0.290. The van der Waals surface area contributed by atoms with Crippen molar-refractivity contribution in [3.05, 3.63) is 30.1 Å². The molecular weight excluding hydrogens is 268 g/mol. The van der Waals surface area contributed by atoms with Crippen molar-refractivity contribution in [2.75, 3.05) is 32.1 Å². The number of thioether (sulfide) groups is 1. The molecule has 1 N–H and O–H groups in total. The first-order chi connectivity index (χ1) is 8.13. The van der Waals surface area contributed by atoms with E-state index >= 15 is 0 Å². The molecule has 1 saturated heterocycles. The summed E-state index contributed by atoms with van der Waals surface area (Å²) in [6.45, 7) is 0.915. The molecule has 0 radical (unpaired) electrons. The van der Waals surface area contributed by atoms with Crippen molar-refractivity contribution in [2.45, 2.75) is 12.0 Å². The molecule has 1 aromatic heterocycles. The Morgan fingerprint density at radius 1 is 1.56 bits per heavy atom. The Bertz CT molecular complexity index is 363. The van der Waals surface area contributed by atoms with Gasteiger partial charge in [0.1, 0.15) is 0 Å². The summed E-state index contributed by atoms with van der Waals surface area (Å²) in [5, 5.41) is 11.0. The van der Waals surface area contributed by atoms with E-state index in [0.29, 0.717) is 0 Å². The number of rotatable bonds is 3. The zero-order valence-corrected chi connectivity index (χ0v) is 12.5. The van der Waals surface area contributed by atoms with Crippen molar-refractivity contribution in [1.29, 1.82) is 0 Å². The van der Waals surface area contributed by atoms with Gasteiger partial charge in [-0.2, -0.15) is 11.8 Å². The lowest BCUT2D eigenvalue weighted by Crippen LogP contribution is -2.45. The van der Waals surface area contributed by atoms with Gasteiger partial charge in [0, 0.05) is 36.2 Å². The number of nitrogens with zero attached hydrogens (tertiary/aromatic N) is 2. The standard InChI is InChI=1S/C13H20N2OS.ClH/c1-15(2)9-12-10-17-7-5-13(12,16)11-4-3-6-14-8-11;/h3-4,6,8,12,16H,5,7,9-10H2,1-2H3;1H/t12-,13+;/m0./s1. The van der Waals surface area contributed by atoms with E-state index in [1.54, 1.807) is 12.4 Å². The first-order valence-corrected chi connectivity index (χ1v) is 7.14. The van der Waals surface area contributed by atoms with Crippen LogP contribution in [0.4, 0.5) is 0 Å². The number of aliphatic hydroxyl groups is 1. The van der Waals surface area contributed by atoms with Gasteiger partial charge in [-0.15, -0.1) is 12.4 Å². The van der Waals surface area contributed by atoms with Crippen LogP contribution >= 0.6 is 24.2 Å². The second kappa shape index (κ2) is 6.75. The largest absolute Gasteiger partial charge is 0.385 e. The molecular formula is C13H21ClN2OS. The third-order valence-electron chi connectivity index (χ3n) is 3.37. The zero-order chi connectivity index (χ0) is 12.3. The van der Waals surface area contributed by atoms with Crippen LogP contribution in [0.1, 0.15) is 12.0 Å². The number of aromatic nitrogens is 1. The topological polar surface area (TPSA) is 36.4 Å². The second-order valence-corrected chi connectivity index (χ2v) is 6.10. The molecule has 0 saturated carbocycles. The maximum absolute atomic E-state index is 11.0. The van der Waals surface area contributed by atoms with Gasteiger partial charge < -0.3 is 10.0 Å². The molecule has 3 nitrogen and oxygen atoms in total. The van der Waals surface area contributed by atoms with Crippen molar-refractivity contribution < 1.29 is 5.11 Å². The molecule has 0 unspecified atom stereocenters. The van der Waals surface area contributed by atoms with E-state index in [1.807, 2.05) is 23.9 Å². The molecule has 0 aliphatic carbocycles. The Balaban J connectivity index is 0.00000162. The highest BCUT2D eigenvalue weighted by atomic mass is 35.5. The molecule has 0 bridgehead atoms. The van der Waals surface area contributed by atoms with Crippen molar-refractivity contribution >= 4 is 24.2 Å². The number of pyridine rings is 1. The fraction of sp³-hybridized carbons (Fsp3) is 0.615. The predicted octanol–water partition coefficient (Wildman–Crippen LogP) is 2.01. The summed E-state index contributed by atoms with van der Waals surface area (Å²) in [7, 11) is 4.12. The zero-order valence-electron chi connectivity index (χ0n) is 10.9. The van der Waals surface area contributed by atoms with E-state index in [-0.39, 0.29) is 18.3 Å². The van der Waals surface area contributed by atoms with Gasteiger partial charge in [-0.3, -0.25) is 4.98 Å². The summed E-state index contributed by atoms with van der Waals surface area (Å²) >= 11 is 1.93. The van der Waals surface area contributed by atoms with Crippen molar-refractivity contribution in [3.8, 4) is 0 Å². The fourth-order valence-corrected chi connectivity index (χ4v) is 3.73. The lowest BCUT2D eigenvalue weighted by Gasteiger charge is -2.41. The van der Waals surface area contributed by atoms with Crippen LogP contribution in [0.3, 0.4) is 0 Å². The van der Waals surface area contributed by atoms with Crippen LogP contribution in [0.5, 0.6) is 0 Å². The summed E-state index contributed by atoms with van der Waals surface area (Å²) in [5.41, 5.74) is 0.260. The normalized spacial score (nSPS) is 27.9. The minimum Gasteiger partial charge on any atom is -0.385 e. The summed E-state index contributed by atoms with van der Waals surface area (Å²) in [4.78, 5) is 6.29. The van der Waals surface area contributed by atoms with Gasteiger partial charge >= 0.3 is 0 Å². The van der Waals surface area contributed by atoms with E-state index < -0.39 is 5.60 Å². The van der Waals surface area contributed by atoms with E-state index in [4.69, 9.17) is 0 Å². The molecule has 0 amide bonds. The van der Waals surface area contributed by atoms with Crippen molar-refractivity contribution in [1.82, 2.24) is 9.88 Å². The molecule has 0 aromatic carbocycles. The monoisotopic (exact) mass is 288 g/mol. The summed E-state index contributed by atoms with van der Waals surface area (Å²) in [5.74, 6) is 2.32. The molecule has 102 valence electrons. The van der Waals surface area contributed by atoms with Gasteiger partial charge in [-0.05, 0) is 32.3 Å². The Morgan fingerprint density at radius 2 is 2.33 bits per heavy atom. The minimum atomic E-state index is -0.705. The minimum absolute atomic E-state index is 0. The third kappa shape index (κ3) is 3.38. The van der Waals surface area contributed by atoms with E-state index in [0.717, 1.165) is 30.0 Å². The summed E-state index contributed by atoms with van der Waals surface area (Å²) < 4.78 is 0. The molecule has 1 aliphatic heterocycles. The van der Waals surface area contributed by atoms with Gasteiger partial charge in [0.05, 0.1) is 5.60 Å². The SMILES string of the molecule is CN(C)C[C@H]1CSCC[C@@]1(O)c1cccnc1.Cl. The molecule has 1 aromatic rings. The van der Waals surface area contributed by atoms with Crippen LogP contribution in [0.15, 0.2) is 24.5 Å². The molecule has 0 spiro atoms. The highest BCUT2D eigenvalue weighted by Gasteiger charge is 2.40. The lowest BCUT2D eigenvalue weighted by atomic mass is 9.80. The Kier molecular flexibility index (Phi) is 5.92. The van der Waals surface area contributed by atoms with Crippen LogP contribution in [-0.2, 0) is 5.60 Å². The number of hydrogen-bond acceptors (Lipinski definition) is 4. The molecule has 1 fully saturated rings. The predicted molar refractivity (Wildman–Crippen MR) is 79.4 cm³/mol. The first kappa shape index (κ1) is 15.8. The van der Waals surface area contributed by atoms with Crippen LogP contribution in [0.25, 0.3) is 0 Å². The second-order valence-electron chi connectivity index (χ2n) is 4.95. The van der Waals surface area contributed by atoms with Gasteiger partial charge in [-0.25, -0.2) is 0 Å². The highest BCUT2D eigenvalue weighted by molar-refractivity contribution is 7.99. The average molecular weight is 289 g/mol. The van der Waals surface area contributed by atoms with Gasteiger partial charge in [0.25, 0.3) is 0 Å².